The Hall–Kier alpha value is -2.64. The fraction of sp³-hybridized carbons (Fsp3) is 0.273. The van der Waals surface area contributed by atoms with Crippen LogP contribution in [-0.2, 0) is 7.05 Å². The van der Waals surface area contributed by atoms with Gasteiger partial charge in [0.25, 0.3) is 0 Å². The van der Waals surface area contributed by atoms with Crippen LogP contribution < -0.4 is 10.6 Å². The molecule has 2 aromatic rings. The fourth-order valence-electron chi connectivity index (χ4n) is 1.59. The number of hydrogen-bond acceptors (Lipinski definition) is 6. The Kier molecular flexibility index (Phi) is 3.60. The SMILES string of the molecule is CCNc1ccc([N+](=O)[O-])c(Nc2cnn(C)c2)n1. The van der Waals surface area contributed by atoms with E-state index in [0.717, 1.165) is 0 Å². The highest BCUT2D eigenvalue weighted by atomic mass is 16.6. The number of aromatic nitrogens is 3. The molecule has 19 heavy (non-hydrogen) atoms. The van der Waals surface area contributed by atoms with Crippen LogP contribution in [-0.4, -0.2) is 26.2 Å². The first-order valence-electron chi connectivity index (χ1n) is 5.75. The largest absolute Gasteiger partial charge is 0.370 e. The fourth-order valence-corrected chi connectivity index (χ4v) is 1.59. The van der Waals surface area contributed by atoms with Crippen molar-refractivity contribution in [3.05, 3.63) is 34.6 Å². The summed E-state index contributed by atoms with van der Waals surface area (Å²) in [6, 6.07) is 3.00. The van der Waals surface area contributed by atoms with E-state index < -0.39 is 4.92 Å². The summed E-state index contributed by atoms with van der Waals surface area (Å²) in [5, 5.41) is 20.9. The molecule has 2 heterocycles. The normalized spacial score (nSPS) is 10.2. The number of nitrogens with zero attached hydrogens (tertiary/aromatic N) is 4. The molecule has 8 nitrogen and oxygen atoms in total. The Morgan fingerprint density at radius 2 is 2.26 bits per heavy atom. The van der Waals surface area contributed by atoms with Crippen molar-refractivity contribution in [1.29, 1.82) is 0 Å². The lowest BCUT2D eigenvalue weighted by atomic mass is 10.3. The second kappa shape index (κ2) is 5.34. The van der Waals surface area contributed by atoms with Gasteiger partial charge in [-0.2, -0.15) is 5.10 Å². The topological polar surface area (TPSA) is 97.9 Å². The lowest BCUT2D eigenvalue weighted by Crippen LogP contribution is -2.04. The third kappa shape index (κ3) is 2.97. The second-order valence-electron chi connectivity index (χ2n) is 3.88. The lowest BCUT2D eigenvalue weighted by Gasteiger charge is -2.07. The lowest BCUT2D eigenvalue weighted by molar-refractivity contribution is -0.384. The summed E-state index contributed by atoms with van der Waals surface area (Å²) >= 11 is 0. The summed E-state index contributed by atoms with van der Waals surface area (Å²) in [5.74, 6) is 0.774. The van der Waals surface area contributed by atoms with Gasteiger partial charge in [-0.15, -0.1) is 0 Å². The Morgan fingerprint density at radius 1 is 1.47 bits per heavy atom. The van der Waals surface area contributed by atoms with E-state index in [1.165, 1.54) is 6.07 Å². The first-order chi connectivity index (χ1) is 9.10. The van der Waals surface area contributed by atoms with Gasteiger partial charge >= 0.3 is 5.69 Å². The summed E-state index contributed by atoms with van der Waals surface area (Å²) < 4.78 is 1.60. The number of hydrogen-bond donors (Lipinski definition) is 2. The molecule has 0 saturated carbocycles. The Morgan fingerprint density at radius 3 is 2.84 bits per heavy atom. The monoisotopic (exact) mass is 262 g/mol. The van der Waals surface area contributed by atoms with E-state index in [1.54, 1.807) is 30.2 Å². The first-order valence-corrected chi connectivity index (χ1v) is 5.75. The van der Waals surface area contributed by atoms with Gasteiger partial charge in [-0.3, -0.25) is 14.8 Å². The van der Waals surface area contributed by atoms with Gasteiger partial charge in [0.2, 0.25) is 5.82 Å². The van der Waals surface area contributed by atoms with Crippen LogP contribution in [0, 0.1) is 10.1 Å². The minimum absolute atomic E-state index is 0.0782. The average Bonchev–Trinajstić information content (AvgIpc) is 2.75. The summed E-state index contributed by atoms with van der Waals surface area (Å²) in [6.07, 6.45) is 3.29. The Labute approximate surface area is 109 Å². The quantitative estimate of drug-likeness (QED) is 0.630. The van der Waals surface area contributed by atoms with E-state index in [1.807, 2.05) is 6.92 Å². The van der Waals surface area contributed by atoms with E-state index in [4.69, 9.17) is 0 Å². The van der Waals surface area contributed by atoms with Crippen LogP contribution >= 0.6 is 0 Å². The maximum Gasteiger partial charge on any atom is 0.311 e. The molecule has 0 aromatic carbocycles. The van der Waals surface area contributed by atoms with Crippen LogP contribution in [0.5, 0.6) is 0 Å². The van der Waals surface area contributed by atoms with Gasteiger partial charge < -0.3 is 10.6 Å². The molecule has 8 heteroatoms. The third-order valence-electron chi connectivity index (χ3n) is 2.40. The molecule has 0 aliphatic heterocycles. The third-order valence-corrected chi connectivity index (χ3v) is 2.40. The number of pyridine rings is 1. The number of nitrogens with one attached hydrogen (secondary N) is 2. The molecule has 2 rings (SSSR count). The molecular formula is C11H14N6O2. The predicted molar refractivity (Wildman–Crippen MR) is 71.5 cm³/mol. The van der Waals surface area contributed by atoms with Crippen LogP contribution in [0.25, 0.3) is 0 Å². The molecule has 100 valence electrons. The van der Waals surface area contributed by atoms with Crippen molar-refractivity contribution >= 4 is 23.0 Å². The summed E-state index contributed by atoms with van der Waals surface area (Å²) in [4.78, 5) is 14.7. The molecule has 0 aliphatic carbocycles. The van der Waals surface area contributed by atoms with Gasteiger partial charge in [0, 0.05) is 25.9 Å². The van der Waals surface area contributed by atoms with Crippen LogP contribution in [0.2, 0.25) is 0 Å². The standard InChI is InChI=1S/C11H14N6O2/c1-3-12-10-5-4-9(17(18)19)11(15-10)14-8-6-13-16(2)7-8/h4-7H,3H2,1-2H3,(H2,12,14,15). The Balaban J connectivity index is 2.34. The summed E-state index contributed by atoms with van der Waals surface area (Å²) in [5.41, 5.74) is 0.567. The zero-order valence-electron chi connectivity index (χ0n) is 10.6. The highest BCUT2D eigenvalue weighted by Gasteiger charge is 2.16. The Bertz CT molecular complexity index is 595. The molecule has 0 atom stereocenters. The summed E-state index contributed by atoms with van der Waals surface area (Å²) in [6.45, 7) is 2.62. The first kappa shape index (κ1) is 12.8. The second-order valence-corrected chi connectivity index (χ2v) is 3.88. The zero-order chi connectivity index (χ0) is 13.8. The zero-order valence-corrected chi connectivity index (χ0v) is 10.6. The molecule has 2 aromatic heterocycles. The van der Waals surface area contributed by atoms with Gasteiger partial charge in [0.15, 0.2) is 0 Å². The molecule has 0 aliphatic rings. The van der Waals surface area contributed by atoms with Gasteiger partial charge in [-0.1, -0.05) is 0 Å². The minimum atomic E-state index is -0.471. The molecule has 0 saturated heterocycles. The van der Waals surface area contributed by atoms with Crippen molar-refractivity contribution in [2.24, 2.45) is 7.05 Å². The van der Waals surface area contributed by atoms with Crippen LogP contribution in [0.4, 0.5) is 23.0 Å². The molecule has 0 unspecified atom stereocenters. The smallest absolute Gasteiger partial charge is 0.311 e. The number of aryl methyl sites for hydroxylation is 1. The minimum Gasteiger partial charge on any atom is -0.370 e. The van der Waals surface area contributed by atoms with Crippen molar-refractivity contribution in [2.75, 3.05) is 17.2 Å². The van der Waals surface area contributed by atoms with Crippen molar-refractivity contribution in [3.8, 4) is 0 Å². The number of anilines is 3. The predicted octanol–water partition coefficient (Wildman–Crippen LogP) is 1.90. The molecular weight excluding hydrogens is 248 g/mol. The molecule has 0 amide bonds. The molecule has 0 spiro atoms. The van der Waals surface area contributed by atoms with Crippen molar-refractivity contribution in [1.82, 2.24) is 14.8 Å². The van der Waals surface area contributed by atoms with Crippen LogP contribution in [0.3, 0.4) is 0 Å². The average molecular weight is 262 g/mol. The van der Waals surface area contributed by atoms with Gasteiger partial charge in [-0.05, 0) is 13.0 Å². The number of nitro groups is 1. The van der Waals surface area contributed by atoms with E-state index in [2.05, 4.69) is 20.7 Å². The maximum atomic E-state index is 11.0. The van der Waals surface area contributed by atoms with Crippen molar-refractivity contribution in [2.45, 2.75) is 6.92 Å². The van der Waals surface area contributed by atoms with E-state index >= 15 is 0 Å². The van der Waals surface area contributed by atoms with E-state index in [0.29, 0.717) is 18.1 Å². The maximum absolute atomic E-state index is 11.0. The molecule has 0 radical (unpaired) electrons. The van der Waals surface area contributed by atoms with Crippen molar-refractivity contribution < 1.29 is 4.92 Å². The van der Waals surface area contributed by atoms with Gasteiger partial charge in [-0.25, -0.2) is 4.98 Å². The van der Waals surface area contributed by atoms with Gasteiger partial charge in [0.1, 0.15) is 5.82 Å². The van der Waals surface area contributed by atoms with Crippen LogP contribution in [0.1, 0.15) is 6.92 Å². The molecule has 0 fully saturated rings. The highest BCUT2D eigenvalue weighted by Crippen LogP contribution is 2.26. The van der Waals surface area contributed by atoms with E-state index in [9.17, 15) is 10.1 Å². The highest BCUT2D eigenvalue weighted by molar-refractivity contribution is 5.66. The van der Waals surface area contributed by atoms with E-state index in [-0.39, 0.29) is 11.5 Å². The molecule has 0 bridgehead atoms. The number of rotatable bonds is 5. The van der Waals surface area contributed by atoms with Crippen molar-refractivity contribution in [3.63, 3.8) is 0 Å². The van der Waals surface area contributed by atoms with Crippen LogP contribution in [0.15, 0.2) is 24.5 Å². The van der Waals surface area contributed by atoms with Gasteiger partial charge in [0.05, 0.1) is 16.8 Å². The molecule has 2 N–H and O–H groups in total. The summed E-state index contributed by atoms with van der Waals surface area (Å²) in [7, 11) is 1.77.